The minimum Gasteiger partial charge on any atom is -1.00 e. The third kappa shape index (κ3) is 8.33. The fraction of sp³-hybridized carbons (Fsp3) is 0.538. The van der Waals surface area contributed by atoms with E-state index in [2.05, 4.69) is 27.7 Å². The molecule has 0 bridgehead atoms. The van der Waals surface area contributed by atoms with Crippen molar-refractivity contribution in [3.05, 3.63) is 68.8 Å². The molecule has 0 saturated heterocycles. The van der Waals surface area contributed by atoms with Gasteiger partial charge in [-0.2, -0.15) is 0 Å². The summed E-state index contributed by atoms with van der Waals surface area (Å²) in [5, 5.41) is 22.0. The molecule has 0 aromatic heterocycles. The number of nitro groups is 2. The molecule has 202 valence electrons. The number of benzene rings is 2. The lowest BCUT2D eigenvalue weighted by Gasteiger charge is -2.37. The monoisotopic (exact) mass is 630 g/mol. The van der Waals surface area contributed by atoms with Crippen molar-refractivity contribution >= 4 is 22.7 Å². The van der Waals surface area contributed by atoms with Crippen LogP contribution in [0, 0.1) is 20.2 Å². The number of unbranched alkanes of at least 4 members (excludes halogenated alkanes) is 3. The fourth-order valence-electron chi connectivity index (χ4n) is 5.03. The van der Waals surface area contributed by atoms with Gasteiger partial charge in [0.15, 0.2) is 0 Å². The van der Waals surface area contributed by atoms with Crippen molar-refractivity contribution in [1.29, 1.82) is 0 Å². The van der Waals surface area contributed by atoms with Crippen LogP contribution in [0.5, 0.6) is 0 Å². The molecule has 0 N–H and O–H groups in total. The third-order valence-corrected chi connectivity index (χ3v) is 7.56. The van der Waals surface area contributed by atoms with Crippen LogP contribution >= 0.6 is 0 Å². The highest BCUT2D eigenvalue weighted by atomic mass is 79.9. The summed E-state index contributed by atoms with van der Waals surface area (Å²) in [5.74, 6) is 0. The van der Waals surface area contributed by atoms with Gasteiger partial charge in [-0.05, 0) is 53.4 Å². The van der Waals surface area contributed by atoms with E-state index in [0.717, 1.165) is 85.3 Å². The largest absolute Gasteiger partial charge is 1.00 e. The average molecular weight is 632 g/mol. The van der Waals surface area contributed by atoms with Gasteiger partial charge in [0.25, 0.3) is 11.4 Å². The van der Waals surface area contributed by atoms with Crippen molar-refractivity contribution in [2.45, 2.75) is 53.4 Å². The smallest absolute Gasteiger partial charge is 0.269 e. The van der Waals surface area contributed by atoms with Gasteiger partial charge >= 0.3 is 0 Å². The molecule has 0 amide bonds. The minimum absolute atomic E-state index is 0. The van der Waals surface area contributed by atoms with Crippen molar-refractivity contribution in [1.82, 2.24) is 8.97 Å². The molecule has 0 atom stereocenters. The molecule has 0 radical (unpaired) electrons. The van der Waals surface area contributed by atoms with Gasteiger partial charge in [0.05, 0.1) is 49.1 Å². The second kappa shape index (κ2) is 16.1. The van der Waals surface area contributed by atoms with Gasteiger partial charge in [-0.3, -0.25) is 29.2 Å². The van der Waals surface area contributed by atoms with E-state index in [0.29, 0.717) is 0 Å². The Kier molecular flexibility index (Phi) is 15.2. The Morgan fingerprint density at radius 3 is 1.06 bits per heavy atom. The first kappa shape index (κ1) is 34.1. The molecule has 10 heteroatoms. The number of nitro benzene ring substituents is 2. The van der Waals surface area contributed by atoms with Gasteiger partial charge in [0.2, 0.25) is 0 Å². The van der Waals surface area contributed by atoms with Crippen LogP contribution in [-0.4, -0.2) is 49.1 Å². The molecule has 0 spiro atoms. The quantitative estimate of drug-likeness (QED) is 0.124. The van der Waals surface area contributed by atoms with E-state index in [4.69, 9.17) is 0 Å². The summed E-state index contributed by atoms with van der Waals surface area (Å²) >= 11 is 0. The predicted octanol–water partition coefficient (Wildman–Crippen LogP) is 0.466. The molecule has 2 rings (SSSR count). The van der Waals surface area contributed by atoms with Crippen LogP contribution in [0.25, 0.3) is 0 Å². The van der Waals surface area contributed by atoms with Gasteiger partial charge in [0.1, 0.15) is 11.4 Å². The van der Waals surface area contributed by atoms with Crippen molar-refractivity contribution < 1.29 is 43.8 Å². The van der Waals surface area contributed by atoms with Gasteiger partial charge in [-0.25, -0.2) is 0 Å². The summed E-state index contributed by atoms with van der Waals surface area (Å²) in [6.07, 6.45) is 4.49. The van der Waals surface area contributed by atoms with Crippen molar-refractivity contribution in [2.75, 3.05) is 39.3 Å². The van der Waals surface area contributed by atoms with E-state index in [1.54, 1.807) is 24.3 Å². The van der Waals surface area contributed by atoms with Crippen LogP contribution in [0.3, 0.4) is 0 Å². The zero-order valence-corrected chi connectivity index (χ0v) is 25.0. The highest BCUT2D eigenvalue weighted by Crippen LogP contribution is 2.28. The fourth-order valence-corrected chi connectivity index (χ4v) is 5.03. The molecule has 0 fully saturated rings. The lowest BCUT2D eigenvalue weighted by Crippen LogP contribution is -3.00. The van der Waals surface area contributed by atoms with Crippen LogP contribution in [0.2, 0.25) is 0 Å². The highest BCUT2D eigenvalue weighted by Gasteiger charge is 2.28. The molecular weight excluding hydrogens is 592 g/mol. The normalized spacial score (nSPS) is 11.3. The van der Waals surface area contributed by atoms with E-state index >= 15 is 0 Å². The summed E-state index contributed by atoms with van der Waals surface area (Å²) < 4.78 is 1.68. The lowest BCUT2D eigenvalue weighted by molar-refractivity contribution is -0.385. The number of hydrogen-bond acceptors (Lipinski definition) is 4. The van der Waals surface area contributed by atoms with Crippen LogP contribution in [0.1, 0.15) is 53.4 Å². The maximum absolute atomic E-state index is 11.0. The molecule has 36 heavy (non-hydrogen) atoms. The number of quaternary nitrogens is 2. The first-order chi connectivity index (χ1) is 16.3. The Morgan fingerprint density at radius 1 is 0.556 bits per heavy atom. The number of non-ortho nitro benzene ring substituents is 2. The highest BCUT2D eigenvalue weighted by molar-refractivity contribution is 5.49. The predicted molar refractivity (Wildman–Crippen MR) is 140 cm³/mol. The maximum Gasteiger partial charge on any atom is 0.269 e. The van der Waals surface area contributed by atoms with E-state index in [1.807, 2.05) is 24.3 Å². The van der Waals surface area contributed by atoms with Crippen LogP contribution in [0.4, 0.5) is 22.7 Å². The van der Waals surface area contributed by atoms with E-state index in [1.165, 1.54) is 0 Å². The molecule has 0 saturated carbocycles. The van der Waals surface area contributed by atoms with E-state index in [-0.39, 0.29) is 55.2 Å². The second-order valence-electron chi connectivity index (χ2n) is 8.96. The van der Waals surface area contributed by atoms with Gasteiger partial charge < -0.3 is 34.0 Å². The third-order valence-electron chi connectivity index (χ3n) is 7.56. The number of nitrogens with zero attached hydrogens (tertiary/aromatic N) is 4. The zero-order valence-electron chi connectivity index (χ0n) is 21.9. The molecule has 0 aliphatic heterocycles. The number of hydrogen-bond donors (Lipinski definition) is 0. The Hall–Kier alpha value is -1.88. The summed E-state index contributed by atoms with van der Waals surface area (Å²) in [6.45, 7) is 14.6. The van der Waals surface area contributed by atoms with Gasteiger partial charge in [-0.1, -0.05) is 0 Å². The molecule has 2 aromatic rings. The number of rotatable bonds is 15. The van der Waals surface area contributed by atoms with Crippen LogP contribution in [0.15, 0.2) is 48.5 Å². The molecule has 8 nitrogen and oxygen atoms in total. The van der Waals surface area contributed by atoms with Gasteiger partial charge in [0, 0.05) is 48.5 Å². The van der Waals surface area contributed by atoms with Crippen LogP contribution in [-0.2, 0) is 0 Å². The first-order valence-corrected chi connectivity index (χ1v) is 12.5. The molecule has 2 aromatic carbocycles. The molecule has 0 unspecified atom stereocenters. The minimum atomic E-state index is -0.349. The van der Waals surface area contributed by atoms with Crippen molar-refractivity contribution in [3.63, 3.8) is 0 Å². The summed E-state index contributed by atoms with van der Waals surface area (Å²) in [5.41, 5.74) is 2.55. The van der Waals surface area contributed by atoms with Crippen molar-refractivity contribution in [3.8, 4) is 0 Å². The average Bonchev–Trinajstić information content (AvgIpc) is 2.87. The summed E-state index contributed by atoms with van der Waals surface area (Å²) in [4.78, 5) is 21.3. The topological polar surface area (TPSA) is 86.3 Å². The molecule has 0 aliphatic rings. The zero-order chi connectivity index (χ0) is 25.2. The molecule has 0 heterocycles. The Balaban J connectivity index is 0.00000612. The van der Waals surface area contributed by atoms with Crippen molar-refractivity contribution in [2.24, 2.45) is 0 Å². The van der Waals surface area contributed by atoms with E-state index in [9.17, 15) is 20.2 Å². The molecular formula is C26H40Br2N4O4. The summed E-state index contributed by atoms with van der Waals surface area (Å²) in [7, 11) is 0. The standard InChI is InChI=1S/C26H40N4O4.2BrH/c1-5-29(6-2,25-17-13-23(14-18-25)27(31)32)21-11-9-10-12-22-30(7-3,8-4)26-19-15-24(16-20-26)28(33)34;;/h13-20H,5-12,21-22H2,1-4H3;2*1H/q+2;;/p-2. The number of halogens is 2. The summed E-state index contributed by atoms with van der Waals surface area (Å²) in [6, 6.07) is 14.1. The molecule has 0 aliphatic carbocycles. The van der Waals surface area contributed by atoms with E-state index < -0.39 is 0 Å². The maximum atomic E-state index is 11.0. The Bertz CT molecular complexity index is 854. The lowest BCUT2D eigenvalue weighted by atomic mass is 10.1. The SMILES string of the molecule is CC[N+](CC)(CCCCCC[N+](CC)(CC)c1ccc([N+](=O)[O-])cc1)c1ccc([N+](=O)[O-])cc1.[Br-].[Br-]. The van der Waals surface area contributed by atoms with Crippen LogP contribution < -0.4 is 42.9 Å². The first-order valence-electron chi connectivity index (χ1n) is 12.5. The Labute approximate surface area is 236 Å². The Morgan fingerprint density at radius 2 is 0.833 bits per heavy atom. The van der Waals surface area contributed by atoms with Gasteiger partial charge in [-0.15, -0.1) is 0 Å². The second-order valence-corrected chi connectivity index (χ2v) is 8.96.